The van der Waals surface area contributed by atoms with E-state index in [1.54, 1.807) is 16.7 Å². The van der Waals surface area contributed by atoms with Gasteiger partial charge in [0.25, 0.3) is 0 Å². The van der Waals surface area contributed by atoms with Gasteiger partial charge in [-0.25, -0.2) is 4.39 Å². The van der Waals surface area contributed by atoms with E-state index in [0.29, 0.717) is 16.9 Å². The smallest absolute Gasteiger partial charge is 0.232 e. The predicted octanol–water partition coefficient (Wildman–Crippen LogP) is 4.37. The summed E-state index contributed by atoms with van der Waals surface area (Å²) in [6, 6.07) is 15.6. The fourth-order valence-electron chi connectivity index (χ4n) is 4.15. The molecule has 7 nitrogen and oxygen atoms in total. The van der Waals surface area contributed by atoms with Crippen LogP contribution in [0.5, 0.6) is 0 Å². The second-order valence-electron chi connectivity index (χ2n) is 8.50. The number of para-hydroxylation sites is 2. The van der Waals surface area contributed by atoms with Crippen LogP contribution >= 0.6 is 11.8 Å². The molecule has 1 aliphatic rings. The Morgan fingerprint density at radius 2 is 1.76 bits per heavy atom. The zero-order valence-electron chi connectivity index (χ0n) is 19.0. The second-order valence-corrected chi connectivity index (χ2v) is 9.44. The van der Waals surface area contributed by atoms with E-state index in [1.807, 2.05) is 30.3 Å². The third kappa shape index (κ3) is 6.02. The van der Waals surface area contributed by atoms with Crippen molar-refractivity contribution in [2.45, 2.75) is 50.2 Å². The number of nitrogens with zero attached hydrogens (tertiary/aromatic N) is 3. The van der Waals surface area contributed by atoms with Crippen LogP contribution in [-0.2, 0) is 16.0 Å². The molecule has 0 bridgehead atoms. The first kappa shape index (κ1) is 23.9. The highest BCUT2D eigenvalue weighted by Crippen LogP contribution is 2.25. The lowest BCUT2D eigenvalue weighted by Gasteiger charge is -2.29. The highest BCUT2D eigenvalue weighted by molar-refractivity contribution is 7.99. The summed E-state index contributed by atoms with van der Waals surface area (Å²) in [6.45, 7) is 2.18. The van der Waals surface area contributed by atoms with Crippen LogP contribution in [-0.4, -0.2) is 38.4 Å². The lowest BCUT2D eigenvalue weighted by Crippen LogP contribution is -2.41. The molecule has 1 heterocycles. The first-order valence-corrected chi connectivity index (χ1v) is 12.5. The van der Waals surface area contributed by atoms with Crippen LogP contribution in [0, 0.1) is 11.7 Å². The summed E-state index contributed by atoms with van der Waals surface area (Å²) < 4.78 is 15.7. The summed E-state index contributed by atoms with van der Waals surface area (Å²) in [5.74, 6) is 0.143. The van der Waals surface area contributed by atoms with Crippen LogP contribution < -0.4 is 10.6 Å². The van der Waals surface area contributed by atoms with Gasteiger partial charge in [0, 0.05) is 11.7 Å². The number of anilines is 1. The van der Waals surface area contributed by atoms with E-state index < -0.39 is 11.7 Å². The molecule has 34 heavy (non-hydrogen) atoms. The summed E-state index contributed by atoms with van der Waals surface area (Å²) >= 11 is 1.28. The number of carbonyl (C=O) groups excluding carboxylic acids is 2. The standard InChI is InChI=1S/C25H28FN5O2S/c1-17-9-5-7-13-20(17)27-24(33)16-34-25-30-29-22(31(25)18-10-3-2-4-11-18)15-23(32)28-21-14-8-6-12-19(21)26/h2-4,6,8,10-12,14,17,20H,5,7,9,13,15-16H2,1H3,(H,27,33)(H,28,32)/t17-,20-/m0/s1. The Kier molecular flexibility index (Phi) is 7.95. The molecule has 9 heteroatoms. The fraction of sp³-hybridized carbons (Fsp3) is 0.360. The van der Waals surface area contributed by atoms with Gasteiger partial charge in [-0.05, 0) is 43.0 Å². The third-order valence-corrected chi connectivity index (χ3v) is 6.90. The average molecular weight is 482 g/mol. The number of thioether (sulfide) groups is 1. The van der Waals surface area contributed by atoms with Crippen LogP contribution in [0.15, 0.2) is 59.8 Å². The van der Waals surface area contributed by atoms with Gasteiger partial charge in [-0.15, -0.1) is 10.2 Å². The Morgan fingerprint density at radius 3 is 2.53 bits per heavy atom. The highest BCUT2D eigenvalue weighted by atomic mass is 32.2. The minimum Gasteiger partial charge on any atom is -0.352 e. The van der Waals surface area contributed by atoms with Crippen LogP contribution in [0.25, 0.3) is 5.69 Å². The normalized spacial score (nSPS) is 17.8. The van der Waals surface area contributed by atoms with E-state index in [1.165, 1.54) is 30.3 Å². The minimum absolute atomic E-state index is 0.0368. The number of hydrogen-bond donors (Lipinski definition) is 2. The summed E-state index contributed by atoms with van der Waals surface area (Å²) in [5, 5.41) is 14.7. The number of carbonyl (C=O) groups is 2. The molecule has 178 valence electrons. The number of benzene rings is 2. The number of aromatic nitrogens is 3. The van der Waals surface area contributed by atoms with Crippen molar-refractivity contribution in [2.75, 3.05) is 11.1 Å². The lowest BCUT2D eigenvalue weighted by molar-refractivity contribution is -0.120. The molecule has 2 aromatic carbocycles. The number of halogens is 1. The SMILES string of the molecule is C[C@H]1CCCC[C@@H]1NC(=O)CSc1nnc(CC(=O)Nc2ccccc2F)n1-c1ccccc1. The van der Waals surface area contributed by atoms with Gasteiger partial charge in [-0.1, -0.05) is 61.9 Å². The Labute approximate surface area is 202 Å². The van der Waals surface area contributed by atoms with E-state index >= 15 is 0 Å². The maximum Gasteiger partial charge on any atom is 0.232 e. The van der Waals surface area contributed by atoms with Gasteiger partial charge in [0.15, 0.2) is 5.16 Å². The molecule has 3 aromatic rings. The van der Waals surface area contributed by atoms with Crippen molar-refractivity contribution in [3.8, 4) is 5.69 Å². The van der Waals surface area contributed by atoms with Gasteiger partial charge in [0.05, 0.1) is 17.9 Å². The molecule has 2 N–H and O–H groups in total. The number of rotatable bonds is 8. The van der Waals surface area contributed by atoms with Crippen LogP contribution in [0.3, 0.4) is 0 Å². The van der Waals surface area contributed by atoms with Crippen LogP contribution in [0.2, 0.25) is 0 Å². The Hall–Kier alpha value is -3.20. The van der Waals surface area contributed by atoms with Crippen molar-refractivity contribution in [3.05, 3.63) is 66.2 Å². The van der Waals surface area contributed by atoms with Crippen molar-refractivity contribution in [2.24, 2.45) is 5.92 Å². The molecular formula is C25H28FN5O2S. The molecule has 2 atom stereocenters. The van der Waals surface area contributed by atoms with Gasteiger partial charge >= 0.3 is 0 Å². The Morgan fingerprint density at radius 1 is 1.03 bits per heavy atom. The molecule has 1 aliphatic carbocycles. The van der Waals surface area contributed by atoms with Gasteiger partial charge < -0.3 is 10.6 Å². The first-order chi connectivity index (χ1) is 16.5. The van der Waals surface area contributed by atoms with Crippen molar-refractivity contribution in [3.63, 3.8) is 0 Å². The summed E-state index contributed by atoms with van der Waals surface area (Å²) in [4.78, 5) is 25.2. The lowest BCUT2D eigenvalue weighted by atomic mass is 9.86. The predicted molar refractivity (Wildman–Crippen MR) is 130 cm³/mol. The van der Waals surface area contributed by atoms with Crippen molar-refractivity contribution >= 4 is 29.3 Å². The zero-order valence-corrected chi connectivity index (χ0v) is 19.9. The second kappa shape index (κ2) is 11.3. The van der Waals surface area contributed by atoms with Crippen molar-refractivity contribution in [1.29, 1.82) is 0 Å². The fourth-order valence-corrected chi connectivity index (χ4v) is 4.94. The van der Waals surface area contributed by atoms with Gasteiger partial charge in [0.2, 0.25) is 11.8 Å². The molecule has 0 radical (unpaired) electrons. The number of amides is 2. The van der Waals surface area contributed by atoms with E-state index in [9.17, 15) is 14.0 Å². The van der Waals surface area contributed by atoms with Crippen LogP contribution in [0.1, 0.15) is 38.4 Å². The van der Waals surface area contributed by atoms with E-state index in [2.05, 4.69) is 27.8 Å². The monoisotopic (exact) mass is 481 g/mol. The first-order valence-electron chi connectivity index (χ1n) is 11.5. The zero-order chi connectivity index (χ0) is 23.9. The quantitative estimate of drug-likeness (QED) is 0.466. The number of hydrogen-bond acceptors (Lipinski definition) is 5. The summed E-state index contributed by atoms with van der Waals surface area (Å²) in [5.41, 5.74) is 0.895. The van der Waals surface area contributed by atoms with Crippen molar-refractivity contribution in [1.82, 2.24) is 20.1 Å². The van der Waals surface area contributed by atoms with Crippen molar-refractivity contribution < 1.29 is 14.0 Å². The van der Waals surface area contributed by atoms with E-state index in [0.717, 1.165) is 24.9 Å². The number of nitrogens with one attached hydrogen (secondary N) is 2. The summed E-state index contributed by atoms with van der Waals surface area (Å²) in [6.07, 6.45) is 4.42. The molecular weight excluding hydrogens is 453 g/mol. The highest BCUT2D eigenvalue weighted by Gasteiger charge is 2.24. The maximum absolute atomic E-state index is 13.9. The summed E-state index contributed by atoms with van der Waals surface area (Å²) in [7, 11) is 0. The topological polar surface area (TPSA) is 88.9 Å². The van der Waals surface area contributed by atoms with Crippen LogP contribution in [0.4, 0.5) is 10.1 Å². The molecule has 0 spiro atoms. The molecule has 1 saturated carbocycles. The molecule has 1 fully saturated rings. The molecule has 0 saturated heterocycles. The van der Waals surface area contributed by atoms with Gasteiger partial charge in [-0.2, -0.15) is 0 Å². The molecule has 4 rings (SSSR count). The Balaban J connectivity index is 1.47. The Bertz CT molecular complexity index is 1140. The van der Waals surface area contributed by atoms with Gasteiger partial charge in [0.1, 0.15) is 11.6 Å². The maximum atomic E-state index is 13.9. The molecule has 0 aliphatic heterocycles. The minimum atomic E-state index is -0.505. The third-order valence-electron chi connectivity index (χ3n) is 5.97. The molecule has 0 unspecified atom stereocenters. The average Bonchev–Trinajstić information content (AvgIpc) is 3.23. The molecule has 1 aromatic heterocycles. The largest absolute Gasteiger partial charge is 0.352 e. The van der Waals surface area contributed by atoms with E-state index in [4.69, 9.17) is 0 Å². The van der Waals surface area contributed by atoms with Gasteiger partial charge in [-0.3, -0.25) is 14.2 Å². The molecule has 2 amide bonds. The van der Waals surface area contributed by atoms with E-state index in [-0.39, 0.29) is 29.8 Å².